The quantitative estimate of drug-likeness (QED) is 0.611. The van der Waals surface area contributed by atoms with E-state index in [0.29, 0.717) is 11.6 Å². The lowest BCUT2D eigenvalue weighted by atomic mass is 10.2. The summed E-state index contributed by atoms with van der Waals surface area (Å²) < 4.78 is 35.3. The van der Waals surface area contributed by atoms with Gasteiger partial charge in [0, 0.05) is 12.3 Å². The average Bonchev–Trinajstić information content (AvgIpc) is 2.64. The Bertz CT molecular complexity index is 1060. The number of hydrogen-bond donors (Lipinski definition) is 0. The lowest BCUT2D eigenvalue weighted by molar-refractivity contribution is 0.459. The molecule has 6 nitrogen and oxygen atoms in total. The van der Waals surface area contributed by atoms with Crippen molar-refractivity contribution in [2.45, 2.75) is 4.90 Å². The molecule has 3 aromatic rings. The summed E-state index contributed by atoms with van der Waals surface area (Å²) in [6, 6.07) is 16.9. The zero-order valence-corrected chi connectivity index (χ0v) is 14.7. The first-order valence-corrected chi connectivity index (χ1v) is 9.10. The summed E-state index contributed by atoms with van der Waals surface area (Å²) in [6.07, 6.45) is 1.60. The normalized spacial score (nSPS) is 10.8. The smallest absolute Gasteiger partial charge is 0.339 e. The first-order valence-electron chi connectivity index (χ1n) is 7.31. The maximum atomic E-state index is 12.3. The summed E-state index contributed by atoms with van der Waals surface area (Å²) in [7, 11) is -4.08. The second kappa shape index (κ2) is 7.44. The molecule has 130 valence electrons. The number of ether oxygens (including phenoxy) is 1. The minimum Gasteiger partial charge on any atom is -0.439 e. The fraction of sp³-hybridized carbons (Fsp3) is 0. The van der Waals surface area contributed by atoms with Crippen LogP contribution in [0.1, 0.15) is 5.56 Å². The zero-order valence-electron chi connectivity index (χ0n) is 13.2. The number of rotatable bonds is 5. The predicted octanol–water partition coefficient (Wildman–Crippen LogP) is 4.17. The molecule has 0 aliphatic carbocycles. The third-order valence-electron chi connectivity index (χ3n) is 3.24. The third-order valence-corrected chi connectivity index (χ3v) is 4.80. The van der Waals surface area contributed by atoms with Gasteiger partial charge in [-0.1, -0.05) is 17.7 Å². The second-order valence-electron chi connectivity index (χ2n) is 5.03. The molecule has 0 atom stereocenters. The van der Waals surface area contributed by atoms with Crippen molar-refractivity contribution in [1.29, 1.82) is 5.26 Å². The van der Waals surface area contributed by atoms with Crippen LogP contribution < -0.4 is 8.92 Å². The first kappa shape index (κ1) is 17.7. The topological polar surface area (TPSA) is 89.3 Å². The standard InChI is InChI=1S/C18H11ClN2O4S/c19-17-11-16(9-4-13(17)12-20)26(22,23)25-15-7-5-14(6-8-15)24-18-3-1-2-10-21-18/h1-11H. The Labute approximate surface area is 155 Å². The number of benzene rings is 2. The Morgan fingerprint density at radius 2 is 1.73 bits per heavy atom. The molecule has 0 amide bonds. The van der Waals surface area contributed by atoms with Crippen LogP contribution in [0.25, 0.3) is 0 Å². The van der Waals surface area contributed by atoms with E-state index in [9.17, 15) is 8.42 Å². The predicted molar refractivity (Wildman–Crippen MR) is 94.7 cm³/mol. The van der Waals surface area contributed by atoms with E-state index >= 15 is 0 Å². The molecule has 0 spiro atoms. The van der Waals surface area contributed by atoms with E-state index < -0.39 is 10.1 Å². The molecule has 0 saturated heterocycles. The van der Waals surface area contributed by atoms with Gasteiger partial charge in [0.05, 0.1) is 10.6 Å². The van der Waals surface area contributed by atoms with Crippen LogP contribution in [0.15, 0.2) is 71.8 Å². The van der Waals surface area contributed by atoms with Gasteiger partial charge < -0.3 is 8.92 Å². The van der Waals surface area contributed by atoms with E-state index in [4.69, 9.17) is 25.8 Å². The van der Waals surface area contributed by atoms with Gasteiger partial charge in [0.2, 0.25) is 5.88 Å². The van der Waals surface area contributed by atoms with E-state index in [1.165, 1.54) is 30.3 Å². The van der Waals surface area contributed by atoms with Crippen molar-refractivity contribution < 1.29 is 17.3 Å². The van der Waals surface area contributed by atoms with Gasteiger partial charge in [0.25, 0.3) is 0 Å². The van der Waals surface area contributed by atoms with Crippen molar-refractivity contribution in [2.24, 2.45) is 0 Å². The molecule has 0 bridgehead atoms. The van der Waals surface area contributed by atoms with Crippen molar-refractivity contribution in [1.82, 2.24) is 4.98 Å². The maximum Gasteiger partial charge on any atom is 0.339 e. The SMILES string of the molecule is N#Cc1ccc(S(=O)(=O)Oc2ccc(Oc3ccccn3)cc2)cc1Cl. The van der Waals surface area contributed by atoms with Crippen molar-refractivity contribution in [3.05, 3.63) is 77.4 Å². The molecular weight excluding hydrogens is 376 g/mol. The second-order valence-corrected chi connectivity index (χ2v) is 6.99. The highest BCUT2D eigenvalue weighted by Gasteiger charge is 2.18. The van der Waals surface area contributed by atoms with Crippen LogP contribution in [-0.4, -0.2) is 13.4 Å². The van der Waals surface area contributed by atoms with Crippen LogP contribution in [0.5, 0.6) is 17.4 Å². The van der Waals surface area contributed by atoms with Crippen molar-refractivity contribution in [3.63, 3.8) is 0 Å². The molecule has 0 saturated carbocycles. The van der Waals surface area contributed by atoms with Gasteiger partial charge in [0.15, 0.2) is 0 Å². The molecule has 8 heteroatoms. The summed E-state index contributed by atoms with van der Waals surface area (Å²) in [6.45, 7) is 0. The Morgan fingerprint density at radius 1 is 1.00 bits per heavy atom. The Kier molecular flexibility index (Phi) is 5.07. The summed E-state index contributed by atoms with van der Waals surface area (Å²) in [5.41, 5.74) is 0.182. The minimum absolute atomic E-state index is 0.0382. The molecule has 26 heavy (non-hydrogen) atoms. The van der Waals surface area contributed by atoms with Crippen LogP contribution in [0.4, 0.5) is 0 Å². The molecule has 0 N–H and O–H groups in total. The summed E-state index contributed by atoms with van der Waals surface area (Å²) >= 11 is 5.87. The van der Waals surface area contributed by atoms with Gasteiger partial charge >= 0.3 is 10.1 Å². The summed E-state index contributed by atoms with van der Waals surface area (Å²) in [4.78, 5) is 3.89. The summed E-state index contributed by atoms with van der Waals surface area (Å²) in [5.74, 6) is 1.01. The van der Waals surface area contributed by atoms with Gasteiger partial charge in [-0.15, -0.1) is 0 Å². The molecule has 2 aromatic carbocycles. The molecule has 0 radical (unpaired) electrons. The van der Waals surface area contributed by atoms with Crippen LogP contribution in [0, 0.1) is 11.3 Å². The number of halogens is 1. The monoisotopic (exact) mass is 386 g/mol. The van der Waals surface area contributed by atoms with Gasteiger partial charge in [-0.3, -0.25) is 0 Å². The molecule has 0 fully saturated rings. The number of pyridine rings is 1. The highest BCUT2D eigenvalue weighted by atomic mass is 35.5. The molecule has 1 aromatic heterocycles. The molecular formula is C18H11ClN2O4S. The van der Waals surface area contributed by atoms with E-state index in [0.717, 1.165) is 0 Å². The van der Waals surface area contributed by atoms with E-state index in [-0.39, 0.29) is 21.2 Å². The fourth-order valence-corrected chi connectivity index (χ4v) is 3.25. The molecule has 1 heterocycles. The third kappa shape index (κ3) is 4.11. The molecule has 0 aliphatic rings. The lowest BCUT2D eigenvalue weighted by Gasteiger charge is -2.09. The van der Waals surface area contributed by atoms with Gasteiger partial charge in [-0.05, 0) is 48.5 Å². The summed E-state index contributed by atoms with van der Waals surface area (Å²) in [5, 5.41) is 8.89. The van der Waals surface area contributed by atoms with Gasteiger partial charge in [-0.2, -0.15) is 13.7 Å². The first-order chi connectivity index (χ1) is 12.5. The highest BCUT2D eigenvalue weighted by molar-refractivity contribution is 7.87. The van der Waals surface area contributed by atoms with Crippen LogP contribution in [-0.2, 0) is 10.1 Å². The van der Waals surface area contributed by atoms with Crippen molar-refractivity contribution in [3.8, 4) is 23.4 Å². The zero-order chi connectivity index (χ0) is 18.6. The van der Waals surface area contributed by atoms with Crippen LogP contribution in [0.3, 0.4) is 0 Å². The van der Waals surface area contributed by atoms with E-state index in [2.05, 4.69) is 4.98 Å². The highest BCUT2D eigenvalue weighted by Crippen LogP contribution is 2.26. The number of hydrogen-bond acceptors (Lipinski definition) is 6. The Hall–Kier alpha value is -3.08. The fourth-order valence-electron chi connectivity index (χ4n) is 2.01. The van der Waals surface area contributed by atoms with E-state index in [1.807, 2.05) is 6.07 Å². The van der Waals surface area contributed by atoms with Gasteiger partial charge in [0.1, 0.15) is 22.5 Å². The van der Waals surface area contributed by atoms with E-state index in [1.54, 1.807) is 36.5 Å². The lowest BCUT2D eigenvalue weighted by Crippen LogP contribution is -2.09. The number of nitriles is 1. The van der Waals surface area contributed by atoms with Crippen molar-refractivity contribution in [2.75, 3.05) is 0 Å². The Balaban J connectivity index is 1.76. The average molecular weight is 387 g/mol. The molecule has 3 rings (SSSR count). The van der Waals surface area contributed by atoms with Crippen molar-refractivity contribution >= 4 is 21.7 Å². The maximum absolute atomic E-state index is 12.3. The van der Waals surface area contributed by atoms with Crippen LogP contribution in [0.2, 0.25) is 5.02 Å². The minimum atomic E-state index is -4.08. The van der Waals surface area contributed by atoms with Gasteiger partial charge in [-0.25, -0.2) is 4.98 Å². The molecule has 0 unspecified atom stereocenters. The molecule has 0 aliphatic heterocycles. The largest absolute Gasteiger partial charge is 0.439 e. The Morgan fingerprint density at radius 3 is 2.35 bits per heavy atom. The number of aromatic nitrogens is 1. The number of nitrogens with zero attached hydrogens (tertiary/aromatic N) is 2. The van der Waals surface area contributed by atoms with Crippen LogP contribution >= 0.6 is 11.6 Å².